The van der Waals surface area contributed by atoms with Crippen molar-refractivity contribution in [1.29, 1.82) is 0 Å². The second kappa shape index (κ2) is 6.36. The van der Waals surface area contributed by atoms with Crippen molar-refractivity contribution < 1.29 is 0 Å². The highest BCUT2D eigenvalue weighted by atomic mass is 32.1. The zero-order chi connectivity index (χ0) is 12.0. The first-order valence-electron chi connectivity index (χ1n) is 6.14. The van der Waals surface area contributed by atoms with Gasteiger partial charge in [-0.1, -0.05) is 20.8 Å². The highest BCUT2D eigenvalue weighted by Crippen LogP contribution is 2.28. The van der Waals surface area contributed by atoms with E-state index in [4.69, 9.17) is 0 Å². The van der Waals surface area contributed by atoms with Crippen molar-refractivity contribution in [2.75, 3.05) is 6.54 Å². The Bertz CT molecular complexity index is 280. The van der Waals surface area contributed by atoms with Gasteiger partial charge in [0.1, 0.15) is 0 Å². The molecule has 1 rings (SSSR count). The Balaban J connectivity index is 2.38. The minimum Gasteiger partial charge on any atom is -0.314 e. The van der Waals surface area contributed by atoms with Crippen LogP contribution in [0.3, 0.4) is 0 Å². The van der Waals surface area contributed by atoms with Crippen molar-refractivity contribution >= 4 is 11.3 Å². The van der Waals surface area contributed by atoms with E-state index in [1.807, 2.05) is 11.7 Å². The van der Waals surface area contributed by atoms with Crippen LogP contribution in [0.4, 0.5) is 0 Å². The highest BCUT2D eigenvalue weighted by molar-refractivity contribution is 7.09. The van der Waals surface area contributed by atoms with Gasteiger partial charge < -0.3 is 5.32 Å². The van der Waals surface area contributed by atoms with Crippen LogP contribution in [-0.4, -0.2) is 17.6 Å². The van der Waals surface area contributed by atoms with Crippen LogP contribution in [0.25, 0.3) is 0 Å². The molecule has 0 amide bonds. The molecular weight excluding hydrogens is 216 g/mol. The molecule has 0 saturated heterocycles. The molecule has 1 unspecified atom stereocenters. The van der Waals surface area contributed by atoms with Crippen LogP contribution in [0.1, 0.15) is 45.4 Å². The molecule has 0 bridgehead atoms. The monoisotopic (exact) mass is 240 g/mol. The lowest BCUT2D eigenvalue weighted by atomic mass is 9.82. The predicted octanol–water partition coefficient (Wildman–Crippen LogP) is 3.49. The maximum atomic E-state index is 4.14. The largest absolute Gasteiger partial charge is 0.314 e. The third-order valence-electron chi connectivity index (χ3n) is 2.74. The molecule has 2 nitrogen and oxygen atoms in total. The number of hydrogen-bond donors (Lipinski definition) is 1. The van der Waals surface area contributed by atoms with Gasteiger partial charge in [-0.15, -0.1) is 11.3 Å². The molecule has 1 heterocycles. The number of nitrogens with zero attached hydrogens (tertiary/aromatic N) is 1. The molecule has 0 aliphatic rings. The number of aromatic nitrogens is 1. The lowest BCUT2D eigenvalue weighted by Gasteiger charge is -2.28. The maximum absolute atomic E-state index is 4.14. The van der Waals surface area contributed by atoms with Crippen molar-refractivity contribution in [3.63, 3.8) is 0 Å². The van der Waals surface area contributed by atoms with E-state index in [9.17, 15) is 0 Å². The van der Waals surface area contributed by atoms with Gasteiger partial charge in [-0.25, -0.2) is 0 Å². The second-order valence-electron chi connectivity index (χ2n) is 5.37. The quantitative estimate of drug-likeness (QED) is 0.789. The van der Waals surface area contributed by atoms with E-state index < -0.39 is 0 Å². The van der Waals surface area contributed by atoms with Gasteiger partial charge in [-0.3, -0.25) is 4.98 Å². The topological polar surface area (TPSA) is 24.9 Å². The third kappa shape index (κ3) is 5.08. The van der Waals surface area contributed by atoms with Crippen LogP contribution in [-0.2, 0) is 6.42 Å². The molecule has 0 aromatic carbocycles. The molecule has 0 spiro atoms. The van der Waals surface area contributed by atoms with Crippen molar-refractivity contribution in [1.82, 2.24) is 10.3 Å². The first-order valence-corrected chi connectivity index (χ1v) is 7.02. The van der Waals surface area contributed by atoms with Crippen LogP contribution in [0.15, 0.2) is 11.7 Å². The van der Waals surface area contributed by atoms with Gasteiger partial charge in [0.2, 0.25) is 0 Å². The molecule has 1 aromatic rings. The summed E-state index contributed by atoms with van der Waals surface area (Å²) >= 11 is 1.76. The average molecular weight is 240 g/mol. The smallest absolute Gasteiger partial charge is 0.0794 e. The summed E-state index contributed by atoms with van der Waals surface area (Å²) in [5, 5.41) is 3.56. The summed E-state index contributed by atoms with van der Waals surface area (Å²) in [6.45, 7) is 10.3. The van der Waals surface area contributed by atoms with Crippen LogP contribution < -0.4 is 5.32 Å². The van der Waals surface area contributed by atoms with Crippen molar-refractivity contribution in [2.45, 2.75) is 53.0 Å². The average Bonchev–Trinajstić information content (AvgIpc) is 2.65. The molecule has 1 aromatic heterocycles. The fraction of sp³-hybridized carbons (Fsp3) is 0.769. The zero-order valence-corrected chi connectivity index (χ0v) is 11.7. The van der Waals surface area contributed by atoms with Crippen molar-refractivity contribution in [3.05, 3.63) is 16.6 Å². The Labute approximate surface area is 103 Å². The van der Waals surface area contributed by atoms with Gasteiger partial charge >= 0.3 is 0 Å². The molecule has 3 heteroatoms. The van der Waals surface area contributed by atoms with Crippen LogP contribution in [0.5, 0.6) is 0 Å². The molecule has 0 aliphatic carbocycles. The number of thiazole rings is 1. The normalized spacial score (nSPS) is 14.0. The van der Waals surface area contributed by atoms with E-state index in [1.54, 1.807) is 11.3 Å². The summed E-state index contributed by atoms with van der Waals surface area (Å²) in [6, 6.07) is 0.600. The van der Waals surface area contributed by atoms with E-state index in [0.29, 0.717) is 11.5 Å². The highest BCUT2D eigenvalue weighted by Gasteiger charge is 2.21. The fourth-order valence-electron chi connectivity index (χ4n) is 2.17. The third-order valence-corrected chi connectivity index (χ3v) is 3.52. The summed E-state index contributed by atoms with van der Waals surface area (Å²) in [7, 11) is 0. The van der Waals surface area contributed by atoms with Crippen LogP contribution >= 0.6 is 11.3 Å². The van der Waals surface area contributed by atoms with E-state index in [1.165, 1.54) is 17.7 Å². The van der Waals surface area contributed by atoms with Gasteiger partial charge in [0.15, 0.2) is 0 Å². The molecule has 0 fully saturated rings. The molecule has 0 aliphatic heterocycles. The first kappa shape index (κ1) is 13.7. The van der Waals surface area contributed by atoms with Gasteiger partial charge in [-0.05, 0) is 38.1 Å². The van der Waals surface area contributed by atoms with E-state index in [-0.39, 0.29) is 0 Å². The van der Waals surface area contributed by atoms with E-state index in [2.05, 4.69) is 38.0 Å². The van der Waals surface area contributed by atoms with Gasteiger partial charge in [0.05, 0.1) is 5.51 Å². The van der Waals surface area contributed by atoms with E-state index in [0.717, 1.165) is 13.0 Å². The lowest BCUT2D eigenvalue weighted by molar-refractivity contribution is 0.288. The molecule has 0 radical (unpaired) electrons. The molecule has 1 N–H and O–H groups in total. The molecule has 16 heavy (non-hydrogen) atoms. The fourth-order valence-corrected chi connectivity index (χ4v) is 3.02. The Hall–Kier alpha value is -0.410. The van der Waals surface area contributed by atoms with Gasteiger partial charge in [0, 0.05) is 17.1 Å². The van der Waals surface area contributed by atoms with Crippen molar-refractivity contribution in [2.24, 2.45) is 5.41 Å². The zero-order valence-electron chi connectivity index (χ0n) is 10.9. The SMILES string of the molecule is CCCNC(C)CC(C)(C)Cc1cncs1. The summed E-state index contributed by atoms with van der Waals surface area (Å²) in [5.41, 5.74) is 2.27. The number of hydrogen-bond acceptors (Lipinski definition) is 3. The van der Waals surface area contributed by atoms with Crippen LogP contribution in [0, 0.1) is 5.41 Å². The molecule has 92 valence electrons. The lowest BCUT2D eigenvalue weighted by Crippen LogP contribution is -2.32. The summed E-state index contributed by atoms with van der Waals surface area (Å²) in [6.07, 6.45) is 5.55. The molecule has 0 saturated carbocycles. The summed E-state index contributed by atoms with van der Waals surface area (Å²) < 4.78 is 0. The number of rotatable bonds is 7. The van der Waals surface area contributed by atoms with Crippen molar-refractivity contribution in [3.8, 4) is 0 Å². The summed E-state index contributed by atoms with van der Waals surface area (Å²) in [5.74, 6) is 0. The van der Waals surface area contributed by atoms with Gasteiger partial charge in [0.25, 0.3) is 0 Å². The number of nitrogens with one attached hydrogen (secondary N) is 1. The Morgan fingerprint density at radius 1 is 1.50 bits per heavy atom. The van der Waals surface area contributed by atoms with Crippen LogP contribution in [0.2, 0.25) is 0 Å². The van der Waals surface area contributed by atoms with Gasteiger partial charge in [-0.2, -0.15) is 0 Å². The molecule has 1 atom stereocenters. The second-order valence-corrected chi connectivity index (χ2v) is 6.34. The predicted molar refractivity (Wildman–Crippen MR) is 72.0 cm³/mol. The Morgan fingerprint density at radius 2 is 2.25 bits per heavy atom. The molecular formula is C13H24N2S. The summed E-state index contributed by atoms with van der Waals surface area (Å²) in [4.78, 5) is 5.53. The van der Waals surface area contributed by atoms with E-state index >= 15 is 0 Å². The Kier molecular flexibility index (Phi) is 5.42. The minimum atomic E-state index is 0.354. The maximum Gasteiger partial charge on any atom is 0.0794 e. The Morgan fingerprint density at radius 3 is 2.81 bits per heavy atom. The minimum absolute atomic E-state index is 0.354. The first-order chi connectivity index (χ1) is 7.53. The standard InChI is InChI=1S/C13H24N2S/c1-5-6-15-11(2)7-13(3,4)8-12-9-14-10-16-12/h9-11,15H,5-8H2,1-4H3.